The molecule has 0 aromatic heterocycles. The summed E-state index contributed by atoms with van der Waals surface area (Å²) in [7, 11) is 1.49. The number of hydrogen-bond donors (Lipinski definition) is 0. The summed E-state index contributed by atoms with van der Waals surface area (Å²) in [5.41, 5.74) is 5.20. The smallest absolute Gasteiger partial charge is 0.339 e. The SMILES string of the molecule is COC(=O)C1=P(c2ccccc2)(c2ccccc2)c2ccccc2C(c2ccccc2)=C1c1ccccc1. The number of carbonyl (C=O) groups excluding carboxylic acids is 1. The van der Waals surface area contributed by atoms with Crippen LogP contribution in [0.5, 0.6) is 0 Å². The van der Waals surface area contributed by atoms with E-state index in [1.54, 1.807) is 0 Å². The summed E-state index contributed by atoms with van der Waals surface area (Å²) in [6, 6.07) is 50.2. The lowest BCUT2D eigenvalue weighted by Crippen LogP contribution is -2.38. The van der Waals surface area contributed by atoms with Gasteiger partial charge in [0.25, 0.3) is 0 Å². The van der Waals surface area contributed by atoms with Crippen LogP contribution in [0.4, 0.5) is 0 Å². The summed E-state index contributed by atoms with van der Waals surface area (Å²) < 4.78 is 5.66. The molecule has 5 aromatic rings. The van der Waals surface area contributed by atoms with E-state index in [-0.39, 0.29) is 5.97 Å². The van der Waals surface area contributed by atoms with E-state index >= 15 is 0 Å². The van der Waals surface area contributed by atoms with Gasteiger partial charge in [0.1, 0.15) is 0 Å². The zero-order chi connectivity index (χ0) is 26.0. The van der Waals surface area contributed by atoms with E-state index in [2.05, 4.69) is 109 Å². The Bertz CT molecular complexity index is 1640. The molecule has 184 valence electrons. The highest BCUT2D eigenvalue weighted by Gasteiger charge is 2.42. The van der Waals surface area contributed by atoms with Gasteiger partial charge in [-0.2, -0.15) is 0 Å². The van der Waals surface area contributed by atoms with Gasteiger partial charge >= 0.3 is 5.97 Å². The Morgan fingerprint density at radius 1 is 0.526 bits per heavy atom. The largest absolute Gasteiger partial charge is 0.465 e. The second kappa shape index (κ2) is 10.2. The van der Waals surface area contributed by atoms with Gasteiger partial charge in [-0.15, -0.1) is 0 Å². The molecule has 0 radical (unpaired) electrons. The predicted octanol–water partition coefficient (Wildman–Crippen LogP) is 6.30. The van der Waals surface area contributed by atoms with Crippen molar-refractivity contribution in [2.45, 2.75) is 0 Å². The number of carbonyl (C=O) groups is 1. The molecule has 0 atom stereocenters. The van der Waals surface area contributed by atoms with Crippen LogP contribution in [0, 0.1) is 0 Å². The van der Waals surface area contributed by atoms with Crippen molar-refractivity contribution < 1.29 is 9.53 Å². The van der Waals surface area contributed by atoms with Crippen LogP contribution >= 0.6 is 6.89 Å². The fourth-order valence-electron chi connectivity index (χ4n) is 5.63. The number of ether oxygens (including phenoxy) is 1. The van der Waals surface area contributed by atoms with Gasteiger partial charge in [-0.05, 0) is 45.1 Å². The average molecular weight is 511 g/mol. The van der Waals surface area contributed by atoms with E-state index in [4.69, 9.17) is 4.74 Å². The zero-order valence-electron chi connectivity index (χ0n) is 21.1. The second-order valence-corrected chi connectivity index (χ2v) is 12.5. The van der Waals surface area contributed by atoms with Crippen molar-refractivity contribution >= 4 is 45.2 Å². The third-order valence-corrected chi connectivity index (χ3v) is 11.5. The fraction of sp³-hybridized carbons (Fsp3) is 0.0286. The van der Waals surface area contributed by atoms with Gasteiger partial charge in [-0.1, -0.05) is 146 Å². The zero-order valence-corrected chi connectivity index (χ0v) is 22.0. The lowest BCUT2D eigenvalue weighted by Gasteiger charge is -2.39. The van der Waals surface area contributed by atoms with Crippen molar-refractivity contribution in [2.75, 3.05) is 7.11 Å². The molecule has 0 amide bonds. The third-order valence-electron chi connectivity index (χ3n) is 7.15. The molecule has 0 fully saturated rings. The number of rotatable bonds is 5. The molecule has 0 spiro atoms. The van der Waals surface area contributed by atoms with E-state index in [1.165, 1.54) is 7.11 Å². The maximum Gasteiger partial charge on any atom is 0.339 e. The highest BCUT2D eigenvalue weighted by molar-refractivity contribution is 7.97. The first-order valence-electron chi connectivity index (χ1n) is 12.7. The van der Waals surface area contributed by atoms with Crippen molar-refractivity contribution in [2.24, 2.45) is 0 Å². The van der Waals surface area contributed by atoms with Crippen molar-refractivity contribution in [1.82, 2.24) is 0 Å². The molecule has 3 heteroatoms. The minimum Gasteiger partial charge on any atom is -0.465 e. The molecular weight excluding hydrogens is 483 g/mol. The normalized spacial score (nSPS) is 14.1. The summed E-state index contributed by atoms with van der Waals surface area (Å²) in [5.74, 6) is -0.298. The van der Waals surface area contributed by atoms with Crippen LogP contribution in [0.1, 0.15) is 16.7 Å². The van der Waals surface area contributed by atoms with Crippen LogP contribution in [0.15, 0.2) is 146 Å². The Morgan fingerprint density at radius 3 is 1.45 bits per heavy atom. The molecule has 0 unspecified atom stereocenters. The van der Waals surface area contributed by atoms with Crippen LogP contribution in [-0.4, -0.2) is 18.4 Å². The minimum atomic E-state index is -2.66. The molecule has 0 saturated carbocycles. The number of methoxy groups -OCH3 is 1. The Hall–Kier alpha value is -4.39. The van der Waals surface area contributed by atoms with Crippen LogP contribution in [0.3, 0.4) is 0 Å². The van der Waals surface area contributed by atoms with Gasteiger partial charge < -0.3 is 4.74 Å². The van der Waals surface area contributed by atoms with E-state index in [1.807, 2.05) is 36.4 Å². The van der Waals surface area contributed by atoms with Crippen molar-refractivity contribution in [3.8, 4) is 0 Å². The molecular formula is C35H27O2P. The van der Waals surface area contributed by atoms with Crippen LogP contribution in [0.25, 0.3) is 11.1 Å². The molecule has 1 aliphatic heterocycles. The first-order valence-corrected chi connectivity index (χ1v) is 14.5. The predicted molar refractivity (Wildman–Crippen MR) is 161 cm³/mol. The molecule has 5 aromatic carbocycles. The standard InChI is InChI=1S/C35H27O2P/c1-37-35(36)34-33(27-18-8-3-9-19-27)32(26-16-6-2-7-17-26)30-24-14-15-25-31(30)38(34,28-20-10-4-11-21-28)29-22-12-5-13-23-29/h2-25H,1H3. The summed E-state index contributed by atoms with van der Waals surface area (Å²) in [6.45, 7) is -2.66. The molecule has 6 rings (SSSR count). The summed E-state index contributed by atoms with van der Waals surface area (Å²) in [5, 5.41) is 4.14. The summed E-state index contributed by atoms with van der Waals surface area (Å²) >= 11 is 0. The molecule has 0 N–H and O–H groups in total. The first-order chi connectivity index (χ1) is 18.8. The van der Waals surface area contributed by atoms with Gasteiger partial charge in [0.05, 0.1) is 12.4 Å². The summed E-state index contributed by atoms with van der Waals surface area (Å²) in [4.78, 5) is 14.2. The van der Waals surface area contributed by atoms with E-state index in [9.17, 15) is 4.79 Å². The monoisotopic (exact) mass is 510 g/mol. The van der Waals surface area contributed by atoms with Gasteiger partial charge in [0, 0.05) is 5.57 Å². The number of hydrogen-bond acceptors (Lipinski definition) is 2. The minimum absolute atomic E-state index is 0.298. The first kappa shape index (κ1) is 24.0. The topological polar surface area (TPSA) is 26.3 Å². The van der Waals surface area contributed by atoms with Crippen LogP contribution in [-0.2, 0) is 9.53 Å². The third kappa shape index (κ3) is 3.77. The maximum atomic E-state index is 14.2. The Morgan fingerprint density at radius 2 is 0.947 bits per heavy atom. The number of fused-ring (bicyclic) bond motifs is 1. The van der Waals surface area contributed by atoms with E-state index < -0.39 is 6.89 Å². The number of benzene rings is 5. The molecule has 2 nitrogen and oxygen atoms in total. The Kier molecular flexibility index (Phi) is 6.42. The van der Waals surface area contributed by atoms with Crippen molar-refractivity contribution in [3.05, 3.63) is 162 Å². The maximum absolute atomic E-state index is 14.2. The van der Waals surface area contributed by atoms with Gasteiger partial charge in [0.15, 0.2) is 0 Å². The second-order valence-electron chi connectivity index (χ2n) is 9.18. The lowest BCUT2D eigenvalue weighted by atomic mass is 9.87. The van der Waals surface area contributed by atoms with E-state index in [0.29, 0.717) is 0 Å². The van der Waals surface area contributed by atoms with Crippen LogP contribution in [0.2, 0.25) is 0 Å². The Labute approximate surface area is 223 Å². The molecule has 0 aliphatic carbocycles. The molecule has 38 heavy (non-hydrogen) atoms. The lowest BCUT2D eigenvalue weighted by molar-refractivity contribution is -0.132. The Balaban J connectivity index is 1.96. The van der Waals surface area contributed by atoms with Crippen molar-refractivity contribution in [1.29, 1.82) is 0 Å². The summed E-state index contributed by atoms with van der Waals surface area (Å²) in [6.07, 6.45) is 0. The average Bonchev–Trinajstić information content (AvgIpc) is 3.01. The van der Waals surface area contributed by atoms with Crippen LogP contribution < -0.4 is 15.9 Å². The molecule has 1 aliphatic rings. The quantitative estimate of drug-likeness (QED) is 0.205. The highest BCUT2D eigenvalue weighted by atomic mass is 31.2. The van der Waals surface area contributed by atoms with Gasteiger partial charge in [-0.3, -0.25) is 0 Å². The highest BCUT2D eigenvalue weighted by Crippen LogP contribution is 2.55. The van der Waals surface area contributed by atoms with Crippen molar-refractivity contribution in [3.63, 3.8) is 0 Å². The van der Waals surface area contributed by atoms with Gasteiger partial charge in [-0.25, -0.2) is 4.79 Å². The van der Waals surface area contributed by atoms with Gasteiger partial charge in [0.2, 0.25) is 0 Å². The fourth-order valence-corrected chi connectivity index (χ4v) is 10.3. The molecule has 1 heterocycles. The van der Waals surface area contributed by atoms with E-state index in [0.717, 1.165) is 49.0 Å². The molecule has 0 saturated heterocycles. The number of esters is 1. The molecule has 0 bridgehead atoms.